The molecule has 2 aromatic heterocycles. The number of rotatable bonds is 6. The summed E-state index contributed by atoms with van der Waals surface area (Å²) in [7, 11) is 1.60. The first-order valence-corrected chi connectivity index (χ1v) is 7.10. The van der Waals surface area contributed by atoms with Crippen LogP contribution in [0.1, 0.15) is 11.5 Å². The van der Waals surface area contributed by atoms with Crippen LogP contribution in [-0.4, -0.2) is 27.2 Å². The van der Waals surface area contributed by atoms with E-state index in [1.165, 1.54) is 10.7 Å². The largest absolute Gasteiger partial charge is 0.502 e. The normalized spacial score (nSPS) is 10.5. The molecule has 124 valence electrons. The van der Waals surface area contributed by atoms with Gasteiger partial charge in [-0.2, -0.15) is 0 Å². The Hall–Kier alpha value is -3.29. The first-order valence-electron chi connectivity index (χ1n) is 7.10. The van der Waals surface area contributed by atoms with Gasteiger partial charge in [0, 0.05) is 6.07 Å². The molecule has 3 rings (SSSR count). The van der Waals surface area contributed by atoms with Crippen LogP contribution in [-0.2, 0) is 13.2 Å². The molecule has 0 saturated heterocycles. The molecule has 0 aliphatic heterocycles. The van der Waals surface area contributed by atoms with Gasteiger partial charge in [-0.3, -0.25) is 4.79 Å². The summed E-state index contributed by atoms with van der Waals surface area (Å²) < 4.78 is 17.3. The monoisotopic (exact) mass is 329 g/mol. The summed E-state index contributed by atoms with van der Waals surface area (Å²) in [6, 6.07) is 8.42. The third-order valence-electron chi connectivity index (χ3n) is 3.22. The maximum absolute atomic E-state index is 11.4. The van der Waals surface area contributed by atoms with Crippen molar-refractivity contribution in [2.75, 3.05) is 7.11 Å². The van der Waals surface area contributed by atoms with Crippen molar-refractivity contribution < 1.29 is 19.0 Å². The van der Waals surface area contributed by atoms with Gasteiger partial charge in [0.2, 0.25) is 5.43 Å². The minimum atomic E-state index is -0.501. The van der Waals surface area contributed by atoms with Crippen LogP contribution in [0.2, 0.25) is 0 Å². The zero-order valence-electron chi connectivity index (χ0n) is 12.9. The molecule has 0 aliphatic rings. The first-order chi connectivity index (χ1) is 11.6. The Balaban J connectivity index is 1.60. The van der Waals surface area contributed by atoms with Crippen molar-refractivity contribution in [3.8, 4) is 17.2 Å². The molecular formula is C16H15N3O5. The lowest BCUT2D eigenvalue weighted by Crippen LogP contribution is -2.05. The third kappa shape index (κ3) is 3.72. The van der Waals surface area contributed by atoms with E-state index >= 15 is 0 Å². The van der Waals surface area contributed by atoms with Gasteiger partial charge in [-0.25, -0.2) is 4.68 Å². The molecule has 0 aliphatic carbocycles. The van der Waals surface area contributed by atoms with Crippen LogP contribution < -0.4 is 14.9 Å². The van der Waals surface area contributed by atoms with E-state index < -0.39 is 11.2 Å². The van der Waals surface area contributed by atoms with Crippen molar-refractivity contribution in [3.63, 3.8) is 0 Å². The molecule has 0 atom stereocenters. The molecule has 0 unspecified atom stereocenters. The Bertz CT molecular complexity index is 870. The van der Waals surface area contributed by atoms with Crippen molar-refractivity contribution >= 4 is 0 Å². The Morgan fingerprint density at radius 2 is 2.00 bits per heavy atom. The molecule has 3 aromatic rings. The number of methoxy groups -OCH3 is 1. The number of hydrogen-bond donors (Lipinski definition) is 1. The molecule has 8 nitrogen and oxygen atoms in total. The van der Waals surface area contributed by atoms with Crippen molar-refractivity contribution in [3.05, 3.63) is 64.5 Å². The van der Waals surface area contributed by atoms with E-state index in [0.717, 1.165) is 12.0 Å². The summed E-state index contributed by atoms with van der Waals surface area (Å²) in [5.74, 6) is 1.38. The maximum Gasteiger partial charge on any atom is 0.226 e. The van der Waals surface area contributed by atoms with Crippen molar-refractivity contribution in [1.82, 2.24) is 15.0 Å². The molecule has 0 radical (unpaired) electrons. The lowest BCUT2D eigenvalue weighted by Gasteiger charge is -2.04. The van der Waals surface area contributed by atoms with Crippen LogP contribution in [0.15, 0.2) is 52.0 Å². The average molecular weight is 329 g/mol. The minimum Gasteiger partial charge on any atom is -0.502 e. The summed E-state index contributed by atoms with van der Waals surface area (Å²) in [5.41, 5.74) is 0.131. The highest BCUT2D eigenvalue weighted by Gasteiger charge is 2.06. The molecule has 2 heterocycles. The second-order valence-electron chi connectivity index (χ2n) is 4.97. The van der Waals surface area contributed by atoms with Crippen LogP contribution in [0, 0.1) is 0 Å². The number of benzene rings is 1. The molecule has 0 saturated carbocycles. The molecule has 0 amide bonds. The van der Waals surface area contributed by atoms with Gasteiger partial charge in [-0.05, 0) is 24.3 Å². The van der Waals surface area contributed by atoms with Crippen molar-refractivity contribution in [2.45, 2.75) is 13.2 Å². The van der Waals surface area contributed by atoms with Crippen LogP contribution in [0.5, 0.6) is 17.2 Å². The standard InChI is InChI=1S/C16H15N3O5/c1-22-12-2-4-13(5-3-12)23-9-11-7-19(18-17-11)8-14-6-15(20)16(21)10-24-14/h2-7,10,21H,8-9H2,1H3. The Morgan fingerprint density at radius 1 is 1.25 bits per heavy atom. The van der Waals surface area contributed by atoms with E-state index in [9.17, 15) is 4.79 Å². The fourth-order valence-corrected chi connectivity index (χ4v) is 2.00. The molecule has 0 bridgehead atoms. The second kappa shape index (κ2) is 6.86. The van der Waals surface area contributed by atoms with Crippen molar-refractivity contribution in [1.29, 1.82) is 0 Å². The van der Waals surface area contributed by atoms with Gasteiger partial charge < -0.3 is 19.0 Å². The second-order valence-corrected chi connectivity index (χ2v) is 4.97. The van der Waals surface area contributed by atoms with Gasteiger partial charge >= 0.3 is 0 Å². The minimum absolute atomic E-state index is 0.227. The summed E-state index contributed by atoms with van der Waals surface area (Å²) in [5, 5.41) is 17.1. The highest BCUT2D eigenvalue weighted by molar-refractivity contribution is 5.31. The molecule has 0 fully saturated rings. The fraction of sp³-hybridized carbons (Fsp3) is 0.188. The first kappa shape index (κ1) is 15.6. The van der Waals surface area contributed by atoms with E-state index in [1.807, 2.05) is 0 Å². The molecule has 1 aromatic carbocycles. The van der Waals surface area contributed by atoms with Crippen LogP contribution in [0.3, 0.4) is 0 Å². The Morgan fingerprint density at radius 3 is 2.71 bits per heavy atom. The summed E-state index contributed by atoms with van der Waals surface area (Å²) >= 11 is 0. The fourth-order valence-electron chi connectivity index (χ4n) is 2.00. The van der Waals surface area contributed by atoms with E-state index in [0.29, 0.717) is 17.2 Å². The van der Waals surface area contributed by atoms with E-state index in [2.05, 4.69) is 10.3 Å². The maximum atomic E-state index is 11.4. The molecule has 8 heteroatoms. The molecule has 24 heavy (non-hydrogen) atoms. The summed E-state index contributed by atoms with van der Waals surface area (Å²) in [6.45, 7) is 0.483. The zero-order valence-corrected chi connectivity index (χ0v) is 12.9. The van der Waals surface area contributed by atoms with Gasteiger partial charge in [-0.1, -0.05) is 5.21 Å². The number of aromatic hydroxyl groups is 1. The summed E-state index contributed by atoms with van der Waals surface area (Å²) in [6.07, 6.45) is 2.69. The summed E-state index contributed by atoms with van der Waals surface area (Å²) in [4.78, 5) is 11.4. The zero-order chi connectivity index (χ0) is 16.9. The molecular weight excluding hydrogens is 314 g/mol. The third-order valence-corrected chi connectivity index (χ3v) is 3.22. The average Bonchev–Trinajstić information content (AvgIpc) is 3.04. The van der Waals surface area contributed by atoms with Crippen LogP contribution >= 0.6 is 0 Å². The van der Waals surface area contributed by atoms with Crippen LogP contribution in [0.25, 0.3) is 0 Å². The van der Waals surface area contributed by atoms with E-state index in [-0.39, 0.29) is 13.2 Å². The van der Waals surface area contributed by atoms with Gasteiger partial charge in [0.1, 0.15) is 42.4 Å². The van der Waals surface area contributed by atoms with Crippen LogP contribution in [0.4, 0.5) is 0 Å². The SMILES string of the molecule is COc1ccc(OCc2cn(Cc3cc(=O)c(O)co3)nn2)cc1. The Kier molecular flexibility index (Phi) is 4.46. The number of ether oxygens (including phenoxy) is 2. The topological polar surface area (TPSA) is 99.6 Å². The predicted octanol–water partition coefficient (Wildman–Crippen LogP) is 1.57. The number of aromatic nitrogens is 3. The highest BCUT2D eigenvalue weighted by atomic mass is 16.5. The lowest BCUT2D eigenvalue weighted by molar-refractivity contribution is 0.300. The molecule has 1 N–H and O–H groups in total. The lowest BCUT2D eigenvalue weighted by atomic mass is 10.3. The van der Waals surface area contributed by atoms with Gasteiger partial charge in [0.15, 0.2) is 5.75 Å². The van der Waals surface area contributed by atoms with E-state index in [4.69, 9.17) is 19.0 Å². The quantitative estimate of drug-likeness (QED) is 0.732. The highest BCUT2D eigenvalue weighted by Crippen LogP contribution is 2.17. The number of hydrogen-bond acceptors (Lipinski definition) is 7. The molecule has 0 spiro atoms. The van der Waals surface area contributed by atoms with Gasteiger partial charge in [0.05, 0.1) is 13.3 Å². The smallest absolute Gasteiger partial charge is 0.226 e. The predicted molar refractivity (Wildman–Crippen MR) is 83.1 cm³/mol. The van der Waals surface area contributed by atoms with Gasteiger partial charge in [-0.15, -0.1) is 5.10 Å². The van der Waals surface area contributed by atoms with Gasteiger partial charge in [0.25, 0.3) is 0 Å². The van der Waals surface area contributed by atoms with Crippen molar-refractivity contribution in [2.24, 2.45) is 0 Å². The Labute approximate surface area is 136 Å². The van der Waals surface area contributed by atoms with E-state index in [1.54, 1.807) is 37.6 Å². The number of nitrogens with zero attached hydrogens (tertiary/aromatic N) is 3.